The first-order valence-corrected chi connectivity index (χ1v) is 2.43. The van der Waals surface area contributed by atoms with Crippen LogP contribution in [-0.2, 0) is 0 Å². The predicted molar refractivity (Wildman–Crippen MR) is 31.6 cm³/mol. The topological polar surface area (TPSA) is 38.0 Å². The van der Waals surface area contributed by atoms with E-state index < -0.39 is 0 Å². The summed E-state index contributed by atoms with van der Waals surface area (Å²) >= 11 is 0. The summed E-state index contributed by atoms with van der Waals surface area (Å²) in [4.78, 5) is 0. The maximum atomic E-state index is 5.38. The molecule has 2 heteroatoms. The van der Waals surface area contributed by atoms with Crippen molar-refractivity contribution in [2.24, 2.45) is 5.73 Å². The molecule has 0 atom stereocenters. The molecular formula is C5H12N2. The van der Waals surface area contributed by atoms with E-state index in [1.807, 2.05) is 14.0 Å². The van der Waals surface area contributed by atoms with Gasteiger partial charge in [0, 0.05) is 18.9 Å². The second-order valence-corrected chi connectivity index (χ2v) is 1.36. The zero-order valence-corrected chi connectivity index (χ0v) is 4.86. The smallest absolute Gasteiger partial charge is 0.0237 e. The first kappa shape index (κ1) is 6.34. The van der Waals surface area contributed by atoms with E-state index >= 15 is 0 Å². The summed E-state index contributed by atoms with van der Waals surface area (Å²) in [5.41, 5.74) is 6.27. The van der Waals surface area contributed by atoms with Gasteiger partial charge in [0.2, 0.25) is 0 Å². The van der Waals surface area contributed by atoms with Gasteiger partial charge in [-0.25, -0.2) is 0 Å². The van der Waals surface area contributed by atoms with E-state index in [2.05, 4.69) is 5.32 Å². The van der Waals surface area contributed by atoms with Gasteiger partial charge in [0.25, 0.3) is 0 Å². The molecule has 0 fully saturated rings. The molecule has 0 radical (unpaired) electrons. The van der Waals surface area contributed by atoms with Gasteiger partial charge < -0.3 is 11.1 Å². The van der Waals surface area contributed by atoms with Crippen molar-refractivity contribution >= 4 is 0 Å². The van der Waals surface area contributed by atoms with Crippen LogP contribution < -0.4 is 11.1 Å². The Morgan fingerprint density at radius 3 is 2.57 bits per heavy atom. The molecule has 0 bridgehead atoms. The first-order chi connectivity index (χ1) is 3.31. The van der Waals surface area contributed by atoms with Crippen LogP contribution in [0.5, 0.6) is 0 Å². The number of nitrogens with one attached hydrogen (secondary N) is 1. The molecule has 0 heterocycles. The Labute approximate surface area is 44.4 Å². The zero-order valence-electron chi connectivity index (χ0n) is 4.86. The van der Waals surface area contributed by atoms with Crippen LogP contribution in [0.25, 0.3) is 0 Å². The van der Waals surface area contributed by atoms with Crippen molar-refractivity contribution in [1.29, 1.82) is 0 Å². The van der Waals surface area contributed by atoms with Crippen molar-refractivity contribution < 1.29 is 0 Å². The monoisotopic (exact) mass is 100 g/mol. The van der Waals surface area contributed by atoms with Gasteiger partial charge in [-0.15, -0.1) is 0 Å². The van der Waals surface area contributed by atoms with Crippen LogP contribution in [0.15, 0.2) is 11.9 Å². The van der Waals surface area contributed by atoms with Crippen molar-refractivity contribution in [2.45, 2.75) is 13.3 Å². The summed E-state index contributed by atoms with van der Waals surface area (Å²) in [6.07, 6.45) is 2.71. The first-order valence-electron chi connectivity index (χ1n) is 2.43. The molecular weight excluding hydrogens is 88.1 g/mol. The van der Waals surface area contributed by atoms with Gasteiger partial charge in [-0.3, -0.25) is 0 Å². The van der Waals surface area contributed by atoms with Gasteiger partial charge in [-0.05, 0) is 6.42 Å². The highest BCUT2D eigenvalue weighted by Gasteiger charge is 1.76. The largest absolute Gasteiger partial charge is 0.401 e. The Balaban J connectivity index is 3.29. The Morgan fingerprint density at radius 2 is 2.43 bits per heavy atom. The van der Waals surface area contributed by atoms with E-state index in [9.17, 15) is 0 Å². The minimum atomic E-state index is 0.891. The third-order valence-corrected chi connectivity index (χ3v) is 0.738. The van der Waals surface area contributed by atoms with E-state index in [1.54, 1.807) is 6.20 Å². The maximum Gasteiger partial charge on any atom is 0.0237 e. The molecule has 0 amide bonds. The molecule has 0 aromatic heterocycles. The van der Waals surface area contributed by atoms with E-state index in [4.69, 9.17) is 5.73 Å². The lowest BCUT2D eigenvalue weighted by atomic mass is 10.4. The highest BCUT2D eigenvalue weighted by molar-refractivity contribution is 4.91. The quantitative estimate of drug-likeness (QED) is 0.527. The zero-order chi connectivity index (χ0) is 5.70. The Hall–Kier alpha value is -0.660. The second-order valence-electron chi connectivity index (χ2n) is 1.36. The average Bonchev–Trinajstić information content (AvgIpc) is 1.68. The van der Waals surface area contributed by atoms with Gasteiger partial charge in [-0.1, -0.05) is 6.92 Å². The lowest BCUT2D eigenvalue weighted by Crippen LogP contribution is -2.02. The molecule has 0 aromatic carbocycles. The standard InChI is InChI=1S/C5H12N2/c1-3-5(6)4-7-2/h4,7H,3,6H2,1-2H3/b5-4-. The molecule has 0 aliphatic carbocycles. The fourth-order valence-corrected chi connectivity index (χ4v) is 0.287. The highest BCUT2D eigenvalue weighted by atomic mass is 14.8. The van der Waals surface area contributed by atoms with Crippen LogP contribution in [0.2, 0.25) is 0 Å². The molecule has 0 spiro atoms. The maximum absolute atomic E-state index is 5.38. The van der Waals surface area contributed by atoms with Gasteiger partial charge >= 0.3 is 0 Å². The number of rotatable bonds is 2. The second kappa shape index (κ2) is 3.53. The molecule has 0 aliphatic rings. The van der Waals surface area contributed by atoms with Crippen molar-refractivity contribution in [3.63, 3.8) is 0 Å². The van der Waals surface area contributed by atoms with Crippen molar-refractivity contribution in [1.82, 2.24) is 5.32 Å². The molecule has 0 rings (SSSR count). The summed E-state index contributed by atoms with van der Waals surface area (Å²) < 4.78 is 0. The Bertz CT molecular complexity index is 66.5. The minimum absolute atomic E-state index is 0.891. The third kappa shape index (κ3) is 3.16. The summed E-state index contributed by atoms with van der Waals surface area (Å²) in [6.45, 7) is 2.02. The van der Waals surface area contributed by atoms with Gasteiger partial charge in [0.05, 0.1) is 0 Å². The van der Waals surface area contributed by atoms with Crippen LogP contribution in [0.4, 0.5) is 0 Å². The minimum Gasteiger partial charge on any atom is -0.401 e. The molecule has 0 aliphatic heterocycles. The summed E-state index contributed by atoms with van der Waals surface area (Å²) in [5, 5.41) is 2.83. The van der Waals surface area contributed by atoms with Gasteiger partial charge in [0.1, 0.15) is 0 Å². The van der Waals surface area contributed by atoms with Crippen molar-refractivity contribution in [2.75, 3.05) is 7.05 Å². The van der Waals surface area contributed by atoms with Gasteiger partial charge in [0.15, 0.2) is 0 Å². The van der Waals surface area contributed by atoms with Crippen LogP contribution in [-0.4, -0.2) is 7.05 Å². The number of nitrogens with two attached hydrogens (primary N) is 1. The average molecular weight is 100 g/mol. The Morgan fingerprint density at radius 1 is 1.86 bits per heavy atom. The summed E-state index contributed by atoms with van der Waals surface area (Å²) in [5.74, 6) is 0. The van der Waals surface area contributed by atoms with Crippen LogP contribution >= 0.6 is 0 Å². The molecule has 3 N–H and O–H groups in total. The Kier molecular flexibility index (Phi) is 3.19. The molecule has 0 saturated carbocycles. The lowest BCUT2D eigenvalue weighted by Gasteiger charge is -1.91. The SMILES string of the molecule is CC/C(N)=C/NC. The van der Waals surface area contributed by atoms with Crippen LogP contribution in [0.3, 0.4) is 0 Å². The molecule has 0 unspecified atom stereocenters. The van der Waals surface area contributed by atoms with E-state index in [-0.39, 0.29) is 0 Å². The van der Waals surface area contributed by atoms with Crippen LogP contribution in [0.1, 0.15) is 13.3 Å². The predicted octanol–water partition coefficient (Wildman–Crippen LogP) is 0.416. The molecule has 42 valence electrons. The van der Waals surface area contributed by atoms with Gasteiger partial charge in [-0.2, -0.15) is 0 Å². The molecule has 7 heavy (non-hydrogen) atoms. The lowest BCUT2D eigenvalue weighted by molar-refractivity contribution is 0.992. The highest BCUT2D eigenvalue weighted by Crippen LogP contribution is 1.84. The third-order valence-electron chi connectivity index (χ3n) is 0.738. The van der Waals surface area contributed by atoms with Crippen LogP contribution in [0, 0.1) is 0 Å². The van der Waals surface area contributed by atoms with Crippen molar-refractivity contribution in [3.8, 4) is 0 Å². The molecule has 0 aromatic rings. The summed E-state index contributed by atoms with van der Waals surface area (Å²) in [6, 6.07) is 0. The molecule has 0 saturated heterocycles. The number of allylic oxidation sites excluding steroid dienone is 1. The summed E-state index contributed by atoms with van der Waals surface area (Å²) in [7, 11) is 1.84. The normalized spacial score (nSPS) is 11.4. The van der Waals surface area contributed by atoms with E-state index in [0.29, 0.717) is 0 Å². The molecule has 2 nitrogen and oxygen atoms in total. The van der Waals surface area contributed by atoms with E-state index in [0.717, 1.165) is 12.1 Å². The van der Waals surface area contributed by atoms with Crippen molar-refractivity contribution in [3.05, 3.63) is 11.9 Å². The fraction of sp³-hybridized carbons (Fsp3) is 0.600. The number of hydrogen-bond donors (Lipinski definition) is 2. The fourth-order valence-electron chi connectivity index (χ4n) is 0.287. The number of hydrogen-bond acceptors (Lipinski definition) is 2. The van der Waals surface area contributed by atoms with E-state index in [1.165, 1.54) is 0 Å².